The van der Waals surface area contributed by atoms with Gasteiger partial charge in [-0.25, -0.2) is 4.79 Å². The summed E-state index contributed by atoms with van der Waals surface area (Å²) >= 11 is 0. The second kappa shape index (κ2) is 6.04. The van der Waals surface area contributed by atoms with Crippen LogP contribution in [0.1, 0.15) is 17.3 Å². The van der Waals surface area contributed by atoms with Gasteiger partial charge < -0.3 is 14.6 Å². The first-order valence-electron chi connectivity index (χ1n) is 6.36. The number of likely N-dealkylation sites (N-methyl/N-ethyl adjacent to an activating group) is 1. The quantitative estimate of drug-likeness (QED) is 0.893. The molecule has 1 heterocycles. The van der Waals surface area contributed by atoms with Crippen molar-refractivity contribution in [2.24, 2.45) is 0 Å². The average molecular weight is 265 g/mol. The SMILES string of the molecule is CC(Oc1ccccc1C(=O)O)C1COCCN1C. The third-order valence-corrected chi connectivity index (χ3v) is 3.42. The molecular weight excluding hydrogens is 246 g/mol. The van der Waals surface area contributed by atoms with E-state index in [0.29, 0.717) is 12.4 Å². The Morgan fingerprint density at radius 1 is 1.53 bits per heavy atom. The van der Waals surface area contributed by atoms with Gasteiger partial charge in [-0.3, -0.25) is 4.90 Å². The van der Waals surface area contributed by atoms with E-state index in [-0.39, 0.29) is 17.7 Å². The minimum atomic E-state index is -0.976. The van der Waals surface area contributed by atoms with Gasteiger partial charge in [-0.15, -0.1) is 0 Å². The van der Waals surface area contributed by atoms with Crippen LogP contribution in [0.25, 0.3) is 0 Å². The highest BCUT2D eigenvalue weighted by molar-refractivity contribution is 5.90. The van der Waals surface area contributed by atoms with Crippen LogP contribution in [0.3, 0.4) is 0 Å². The van der Waals surface area contributed by atoms with Crippen LogP contribution in [-0.4, -0.2) is 54.9 Å². The Balaban J connectivity index is 2.10. The molecule has 2 rings (SSSR count). The fourth-order valence-corrected chi connectivity index (χ4v) is 2.22. The molecule has 1 saturated heterocycles. The van der Waals surface area contributed by atoms with Crippen LogP contribution in [0.5, 0.6) is 5.75 Å². The maximum Gasteiger partial charge on any atom is 0.339 e. The van der Waals surface area contributed by atoms with Gasteiger partial charge in [0.15, 0.2) is 0 Å². The lowest BCUT2D eigenvalue weighted by atomic mass is 10.1. The van der Waals surface area contributed by atoms with Gasteiger partial charge in [0, 0.05) is 6.54 Å². The van der Waals surface area contributed by atoms with E-state index in [1.54, 1.807) is 24.3 Å². The minimum absolute atomic E-state index is 0.134. The summed E-state index contributed by atoms with van der Waals surface area (Å²) in [5.41, 5.74) is 0.189. The molecule has 1 aliphatic heterocycles. The Morgan fingerprint density at radius 2 is 2.26 bits per heavy atom. The van der Waals surface area contributed by atoms with Gasteiger partial charge in [-0.2, -0.15) is 0 Å². The van der Waals surface area contributed by atoms with E-state index in [2.05, 4.69) is 4.90 Å². The highest BCUT2D eigenvalue weighted by atomic mass is 16.5. The lowest BCUT2D eigenvalue weighted by Gasteiger charge is -2.36. The van der Waals surface area contributed by atoms with E-state index in [1.807, 2.05) is 14.0 Å². The number of carboxylic acids is 1. The molecule has 0 aromatic heterocycles. The first-order valence-corrected chi connectivity index (χ1v) is 6.36. The average Bonchev–Trinajstić information content (AvgIpc) is 2.39. The van der Waals surface area contributed by atoms with Crippen molar-refractivity contribution in [3.8, 4) is 5.75 Å². The molecule has 1 fully saturated rings. The summed E-state index contributed by atoms with van der Waals surface area (Å²) in [7, 11) is 2.02. The van der Waals surface area contributed by atoms with Crippen LogP contribution >= 0.6 is 0 Å². The molecule has 0 bridgehead atoms. The molecule has 2 atom stereocenters. The first kappa shape index (κ1) is 13.8. The van der Waals surface area contributed by atoms with Crippen molar-refractivity contribution >= 4 is 5.97 Å². The largest absolute Gasteiger partial charge is 0.488 e. The highest BCUT2D eigenvalue weighted by Crippen LogP contribution is 2.21. The van der Waals surface area contributed by atoms with Crippen LogP contribution in [0, 0.1) is 0 Å². The van der Waals surface area contributed by atoms with E-state index in [0.717, 1.165) is 13.2 Å². The molecule has 0 radical (unpaired) electrons. The zero-order valence-corrected chi connectivity index (χ0v) is 11.2. The monoisotopic (exact) mass is 265 g/mol. The fourth-order valence-electron chi connectivity index (χ4n) is 2.22. The van der Waals surface area contributed by atoms with Gasteiger partial charge in [0.2, 0.25) is 0 Å². The van der Waals surface area contributed by atoms with Crippen LogP contribution < -0.4 is 4.74 Å². The summed E-state index contributed by atoms with van der Waals surface area (Å²) in [6, 6.07) is 6.83. The normalized spacial score (nSPS) is 21.9. The molecule has 5 nitrogen and oxygen atoms in total. The van der Waals surface area contributed by atoms with Gasteiger partial charge in [-0.05, 0) is 26.1 Å². The first-order chi connectivity index (χ1) is 9.09. The molecule has 5 heteroatoms. The van der Waals surface area contributed by atoms with E-state index in [9.17, 15) is 4.79 Å². The third kappa shape index (κ3) is 3.24. The summed E-state index contributed by atoms with van der Waals surface area (Å²) in [4.78, 5) is 13.3. The second-order valence-corrected chi connectivity index (χ2v) is 4.75. The number of nitrogens with zero attached hydrogens (tertiary/aromatic N) is 1. The number of carboxylic acid groups (broad SMARTS) is 1. The summed E-state index contributed by atoms with van der Waals surface area (Å²) in [6.07, 6.45) is -0.134. The number of hydrogen-bond donors (Lipinski definition) is 1. The Kier molecular flexibility index (Phi) is 4.39. The topological polar surface area (TPSA) is 59.0 Å². The van der Waals surface area contributed by atoms with Gasteiger partial charge in [0.25, 0.3) is 0 Å². The number of hydrogen-bond acceptors (Lipinski definition) is 4. The summed E-state index contributed by atoms with van der Waals surface area (Å²) in [5, 5.41) is 9.13. The number of rotatable bonds is 4. The standard InChI is InChI=1S/C14H19NO4/c1-10(12-9-18-8-7-15(12)2)19-13-6-4-3-5-11(13)14(16)17/h3-6,10,12H,7-9H2,1-2H3,(H,16,17). The summed E-state index contributed by atoms with van der Waals surface area (Å²) in [6.45, 7) is 4.13. The molecule has 0 saturated carbocycles. The van der Waals surface area contributed by atoms with Crippen LogP contribution in [0.4, 0.5) is 0 Å². The molecular formula is C14H19NO4. The van der Waals surface area contributed by atoms with Crippen molar-refractivity contribution in [3.63, 3.8) is 0 Å². The maximum absolute atomic E-state index is 11.1. The van der Waals surface area contributed by atoms with Gasteiger partial charge in [0.1, 0.15) is 17.4 Å². The zero-order valence-electron chi connectivity index (χ0n) is 11.2. The maximum atomic E-state index is 11.1. The predicted molar refractivity (Wildman–Crippen MR) is 70.7 cm³/mol. The van der Waals surface area contributed by atoms with E-state index >= 15 is 0 Å². The van der Waals surface area contributed by atoms with Crippen molar-refractivity contribution in [1.29, 1.82) is 0 Å². The number of benzene rings is 1. The molecule has 19 heavy (non-hydrogen) atoms. The Bertz CT molecular complexity index is 449. The van der Waals surface area contributed by atoms with Gasteiger partial charge in [0.05, 0.1) is 19.3 Å². The molecule has 1 aliphatic rings. The molecule has 1 aromatic rings. The second-order valence-electron chi connectivity index (χ2n) is 4.75. The van der Waals surface area contributed by atoms with Crippen molar-refractivity contribution in [2.75, 3.05) is 26.8 Å². The number of para-hydroxylation sites is 1. The number of aromatic carboxylic acids is 1. The van der Waals surface area contributed by atoms with Crippen molar-refractivity contribution < 1.29 is 19.4 Å². The highest BCUT2D eigenvalue weighted by Gasteiger charge is 2.27. The molecule has 1 aromatic carbocycles. The molecule has 104 valence electrons. The van der Waals surface area contributed by atoms with E-state index in [1.165, 1.54) is 0 Å². The lowest BCUT2D eigenvalue weighted by Crippen LogP contribution is -2.50. The van der Waals surface area contributed by atoms with Crippen molar-refractivity contribution in [1.82, 2.24) is 4.90 Å². The summed E-state index contributed by atoms with van der Waals surface area (Å²) in [5.74, 6) is -0.572. The smallest absolute Gasteiger partial charge is 0.339 e. The number of carbonyl (C=O) groups is 1. The van der Waals surface area contributed by atoms with E-state index in [4.69, 9.17) is 14.6 Å². The van der Waals surface area contributed by atoms with Crippen molar-refractivity contribution in [3.05, 3.63) is 29.8 Å². The Hall–Kier alpha value is -1.59. The number of ether oxygens (including phenoxy) is 2. The molecule has 2 unspecified atom stereocenters. The minimum Gasteiger partial charge on any atom is -0.488 e. The summed E-state index contributed by atoms with van der Waals surface area (Å²) < 4.78 is 11.3. The van der Waals surface area contributed by atoms with Crippen LogP contribution in [-0.2, 0) is 4.74 Å². The van der Waals surface area contributed by atoms with Gasteiger partial charge >= 0.3 is 5.97 Å². The Labute approximate surface area is 112 Å². The Morgan fingerprint density at radius 3 is 2.95 bits per heavy atom. The fraction of sp³-hybridized carbons (Fsp3) is 0.500. The van der Waals surface area contributed by atoms with Crippen LogP contribution in [0.2, 0.25) is 0 Å². The molecule has 0 amide bonds. The van der Waals surface area contributed by atoms with Crippen LogP contribution in [0.15, 0.2) is 24.3 Å². The predicted octanol–water partition coefficient (Wildman–Crippen LogP) is 1.48. The molecule has 1 N–H and O–H groups in total. The van der Waals surface area contributed by atoms with E-state index < -0.39 is 5.97 Å². The third-order valence-electron chi connectivity index (χ3n) is 3.42. The number of morpholine rings is 1. The lowest BCUT2D eigenvalue weighted by molar-refractivity contribution is -0.0348. The molecule has 0 spiro atoms. The zero-order chi connectivity index (χ0) is 13.8. The van der Waals surface area contributed by atoms with Crippen molar-refractivity contribution in [2.45, 2.75) is 19.1 Å². The molecule has 0 aliphatic carbocycles. The van der Waals surface area contributed by atoms with Gasteiger partial charge in [-0.1, -0.05) is 12.1 Å².